The number of ether oxygens (including phenoxy) is 1. The van der Waals surface area contributed by atoms with Gasteiger partial charge < -0.3 is 9.72 Å². The van der Waals surface area contributed by atoms with Crippen molar-refractivity contribution in [1.29, 1.82) is 0 Å². The molecule has 3 aromatic rings. The summed E-state index contributed by atoms with van der Waals surface area (Å²) in [5.74, 6) is 0.761. The summed E-state index contributed by atoms with van der Waals surface area (Å²) in [7, 11) is -3.26. The molecule has 0 aliphatic rings. The fraction of sp³-hybridized carbons (Fsp3) is 0.118. The van der Waals surface area contributed by atoms with Crippen LogP contribution in [0.1, 0.15) is 5.56 Å². The molecule has 2 N–H and O–H groups in total. The lowest BCUT2D eigenvalue weighted by molar-refractivity contribution is 0.306. The van der Waals surface area contributed by atoms with Crippen LogP contribution >= 0.6 is 0 Å². The summed E-state index contributed by atoms with van der Waals surface area (Å²) in [6.45, 7) is 0.405. The zero-order valence-electron chi connectivity index (χ0n) is 13.1. The number of nitrogens with one attached hydrogen (secondary N) is 2. The number of aromatic nitrogens is 2. The Morgan fingerprint density at radius 3 is 2.38 bits per heavy atom. The number of benzene rings is 2. The van der Waals surface area contributed by atoms with Crippen molar-refractivity contribution in [3.8, 4) is 17.0 Å². The molecule has 2 aromatic carbocycles. The molecule has 1 heterocycles. The van der Waals surface area contributed by atoms with E-state index in [-0.39, 0.29) is 0 Å². The molecular formula is C17H17N3O3S. The van der Waals surface area contributed by atoms with Crippen LogP contribution in [0, 0.1) is 0 Å². The van der Waals surface area contributed by atoms with Gasteiger partial charge in [-0.3, -0.25) is 4.72 Å². The fourth-order valence-corrected chi connectivity index (χ4v) is 2.76. The lowest BCUT2D eigenvalue weighted by Crippen LogP contribution is -2.09. The molecule has 0 fully saturated rings. The maximum Gasteiger partial charge on any atom is 0.229 e. The van der Waals surface area contributed by atoms with E-state index >= 15 is 0 Å². The van der Waals surface area contributed by atoms with Crippen LogP contribution in [0.2, 0.25) is 0 Å². The van der Waals surface area contributed by atoms with Gasteiger partial charge in [0.15, 0.2) is 0 Å². The molecule has 0 atom stereocenters. The highest BCUT2D eigenvalue weighted by Crippen LogP contribution is 2.21. The third-order valence-electron chi connectivity index (χ3n) is 3.33. The summed E-state index contributed by atoms with van der Waals surface area (Å²) in [4.78, 5) is 7.05. The van der Waals surface area contributed by atoms with Gasteiger partial charge in [-0.15, -0.1) is 0 Å². The van der Waals surface area contributed by atoms with Gasteiger partial charge in [0, 0.05) is 5.69 Å². The van der Waals surface area contributed by atoms with Gasteiger partial charge in [-0.25, -0.2) is 13.4 Å². The quantitative estimate of drug-likeness (QED) is 0.720. The maximum absolute atomic E-state index is 11.2. The van der Waals surface area contributed by atoms with E-state index in [0.717, 1.165) is 28.8 Å². The first-order chi connectivity index (χ1) is 11.5. The van der Waals surface area contributed by atoms with E-state index in [1.807, 2.05) is 36.4 Å². The number of aromatic amines is 1. The van der Waals surface area contributed by atoms with Crippen LogP contribution in [-0.2, 0) is 16.6 Å². The summed E-state index contributed by atoms with van der Waals surface area (Å²) in [6.07, 6.45) is 4.53. The standard InChI is InChI=1S/C17H17N3O3S/c1-24(21,22)20-15-6-2-13(3-7-15)11-23-16-8-4-14(5-9-16)17-10-18-12-19-17/h2-10,12,20H,11H2,1H3,(H,18,19). The number of hydrogen-bond donors (Lipinski definition) is 2. The minimum atomic E-state index is -3.26. The van der Waals surface area contributed by atoms with Crippen molar-refractivity contribution in [2.45, 2.75) is 6.61 Å². The average molecular weight is 343 g/mol. The monoisotopic (exact) mass is 343 g/mol. The number of hydrogen-bond acceptors (Lipinski definition) is 4. The van der Waals surface area contributed by atoms with Crippen molar-refractivity contribution >= 4 is 15.7 Å². The van der Waals surface area contributed by atoms with Crippen molar-refractivity contribution in [3.63, 3.8) is 0 Å². The molecule has 0 radical (unpaired) electrons. The van der Waals surface area contributed by atoms with Gasteiger partial charge in [0.25, 0.3) is 0 Å². The first-order valence-electron chi connectivity index (χ1n) is 7.28. The maximum atomic E-state index is 11.2. The second kappa shape index (κ2) is 6.76. The summed E-state index contributed by atoms with van der Waals surface area (Å²) in [6, 6.07) is 14.8. The Bertz CT molecular complexity index is 887. The van der Waals surface area contributed by atoms with Gasteiger partial charge in [-0.1, -0.05) is 12.1 Å². The number of sulfonamides is 1. The number of H-pyrrole nitrogens is 1. The first kappa shape index (κ1) is 16.1. The first-order valence-corrected chi connectivity index (χ1v) is 9.17. The molecule has 0 unspecified atom stereocenters. The molecule has 1 aromatic heterocycles. The van der Waals surface area contributed by atoms with Crippen molar-refractivity contribution < 1.29 is 13.2 Å². The molecule has 24 heavy (non-hydrogen) atoms. The van der Waals surface area contributed by atoms with Crippen LogP contribution in [0.3, 0.4) is 0 Å². The van der Waals surface area contributed by atoms with Crippen LogP contribution in [0.4, 0.5) is 5.69 Å². The molecule has 6 nitrogen and oxygen atoms in total. The number of nitrogens with zero attached hydrogens (tertiary/aromatic N) is 1. The third-order valence-corrected chi connectivity index (χ3v) is 3.93. The summed E-state index contributed by atoms with van der Waals surface area (Å²) in [5, 5.41) is 0. The Morgan fingerprint density at radius 1 is 1.08 bits per heavy atom. The molecule has 7 heteroatoms. The Morgan fingerprint density at radius 2 is 1.79 bits per heavy atom. The second-order valence-electron chi connectivity index (χ2n) is 5.35. The molecular weight excluding hydrogens is 326 g/mol. The van der Waals surface area contributed by atoms with Gasteiger partial charge in [0.05, 0.1) is 24.5 Å². The van der Waals surface area contributed by atoms with Crippen LogP contribution in [0.5, 0.6) is 5.75 Å². The van der Waals surface area contributed by atoms with Gasteiger partial charge in [-0.2, -0.15) is 0 Å². The van der Waals surface area contributed by atoms with Gasteiger partial charge in [0.2, 0.25) is 10.0 Å². The molecule has 0 amide bonds. The van der Waals surface area contributed by atoms with Crippen molar-refractivity contribution in [1.82, 2.24) is 9.97 Å². The summed E-state index contributed by atoms with van der Waals surface area (Å²) < 4.78 is 30.5. The van der Waals surface area contributed by atoms with Crippen molar-refractivity contribution in [2.75, 3.05) is 11.0 Å². The molecule has 0 saturated carbocycles. The Kier molecular flexibility index (Phi) is 4.52. The second-order valence-corrected chi connectivity index (χ2v) is 7.10. The van der Waals surface area contributed by atoms with E-state index in [9.17, 15) is 8.42 Å². The third kappa shape index (κ3) is 4.36. The van der Waals surface area contributed by atoms with E-state index in [1.165, 1.54) is 0 Å². The predicted molar refractivity (Wildman–Crippen MR) is 93.3 cm³/mol. The normalized spacial score (nSPS) is 11.2. The van der Waals surface area contributed by atoms with Crippen molar-refractivity contribution in [3.05, 3.63) is 66.6 Å². The van der Waals surface area contributed by atoms with Crippen LogP contribution in [0.15, 0.2) is 61.1 Å². The van der Waals surface area contributed by atoms with E-state index in [0.29, 0.717) is 12.3 Å². The van der Waals surface area contributed by atoms with Crippen LogP contribution < -0.4 is 9.46 Å². The molecule has 0 aliphatic heterocycles. The Balaban J connectivity index is 1.59. The Labute approximate surface area is 140 Å². The summed E-state index contributed by atoms with van der Waals surface area (Å²) in [5.41, 5.74) is 3.48. The van der Waals surface area contributed by atoms with Gasteiger partial charge in [-0.05, 0) is 47.5 Å². The molecule has 0 aliphatic carbocycles. The molecule has 3 rings (SSSR count). The van der Waals surface area contributed by atoms with E-state index in [4.69, 9.17) is 4.74 Å². The molecule has 0 spiro atoms. The van der Waals surface area contributed by atoms with Crippen LogP contribution in [0.25, 0.3) is 11.3 Å². The highest BCUT2D eigenvalue weighted by atomic mass is 32.2. The molecule has 124 valence electrons. The number of rotatable bonds is 6. The minimum Gasteiger partial charge on any atom is -0.489 e. The van der Waals surface area contributed by atoms with Crippen LogP contribution in [-0.4, -0.2) is 24.6 Å². The topological polar surface area (TPSA) is 84.1 Å². The highest BCUT2D eigenvalue weighted by molar-refractivity contribution is 7.92. The molecule has 0 saturated heterocycles. The van der Waals surface area contributed by atoms with E-state index < -0.39 is 10.0 Å². The fourth-order valence-electron chi connectivity index (χ4n) is 2.19. The highest BCUT2D eigenvalue weighted by Gasteiger charge is 2.03. The van der Waals surface area contributed by atoms with E-state index in [1.54, 1.807) is 24.7 Å². The SMILES string of the molecule is CS(=O)(=O)Nc1ccc(COc2ccc(-c3cnc[nH]3)cc2)cc1. The largest absolute Gasteiger partial charge is 0.489 e. The average Bonchev–Trinajstić information content (AvgIpc) is 3.08. The zero-order chi connectivity index (χ0) is 17.0. The van der Waals surface area contributed by atoms with Gasteiger partial charge in [0.1, 0.15) is 12.4 Å². The lowest BCUT2D eigenvalue weighted by Gasteiger charge is -2.08. The Hall–Kier alpha value is -2.80. The predicted octanol–water partition coefficient (Wildman–Crippen LogP) is 3.03. The molecule has 0 bridgehead atoms. The smallest absolute Gasteiger partial charge is 0.229 e. The minimum absolute atomic E-state index is 0.405. The van der Waals surface area contributed by atoms with E-state index in [2.05, 4.69) is 14.7 Å². The van der Waals surface area contributed by atoms with Crippen molar-refractivity contribution in [2.24, 2.45) is 0 Å². The lowest BCUT2D eigenvalue weighted by atomic mass is 10.1. The zero-order valence-corrected chi connectivity index (χ0v) is 13.9. The van der Waals surface area contributed by atoms with Gasteiger partial charge >= 0.3 is 0 Å². The summed E-state index contributed by atoms with van der Waals surface area (Å²) >= 11 is 0. The number of imidazole rings is 1. The number of anilines is 1.